The fourth-order valence-electron chi connectivity index (χ4n) is 2.22. The van der Waals surface area contributed by atoms with E-state index in [-0.39, 0.29) is 0 Å². The van der Waals surface area contributed by atoms with Gasteiger partial charge in [0.2, 0.25) is 0 Å². The molecular weight excluding hydrogens is 208 g/mol. The van der Waals surface area contributed by atoms with Gasteiger partial charge in [0.25, 0.3) is 0 Å². The Morgan fingerprint density at radius 3 is 2.18 bits per heavy atom. The monoisotopic (exact) mass is 242 g/mol. The second-order valence-electron chi connectivity index (χ2n) is 5.26. The molecule has 0 fully saturated rings. The van der Waals surface area contributed by atoms with Gasteiger partial charge in [0.1, 0.15) is 0 Å². The molecule has 0 aliphatic rings. The number of nitrogens with one attached hydrogen (secondary N) is 1. The summed E-state index contributed by atoms with van der Waals surface area (Å²) < 4.78 is 0. The lowest BCUT2D eigenvalue weighted by molar-refractivity contribution is 0.228. The Morgan fingerprint density at radius 2 is 1.71 bits per heavy atom. The molecule has 0 radical (unpaired) electrons. The van der Waals surface area contributed by atoms with Crippen LogP contribution in [0.25, 0.3) is 0 Å². The van der Waals surface area contributed by atoms with Crippen molar-refractivity contribution in [1.29, 1.82) is 0 Å². The van der Waals surface area contributed by atoms with Crippen molar-refractivity contribution in [2.24, 2.45) is 5.92 Å². The minimum Gasteiger partial charge on any atom is -0.317 e. The smallest absolute Gasteiger partial charge is 0.00357 e. The Bertz CT molecular complexity index is 155. The molecule has 17 heavy (non-hydrogen) atoms. The average Bonchev–Trinajstić information content (AvgIpc) is 2.37. The van der Waals surface area contributed by atoms with E-state index in [9.17, 15) is 0 Å². The zero-order valence-corrected chi connectivity index (χ0v) is 12.8. The van der Waals surface area contributed by atoms with Gasteiger partial charge < -0.3 is 10.2 Å². The topological polar surface area (TPSA) is 15.3 Å². The molecule has 1 atom stereocenters. The molecule has 0 saturated carbocycles. The zero-order valence-electron chi connectivity index (χ0n) is 12.8. The van der Waals surface area contributed by atoms with Gasteiger partial charge in [-0.2, -0.15) is 0 Å². The Hall–Kier alpha value is -0.0800. The van der Waals surface area contributed by atoms with Crippen LogP contribution in [0.15, 0.2) is 0 Å². The summed E-state index contributed by atoms with van der Waals surface area (Å²) >= 11 is 0. The molecule has 104 valence electrons. The molecule has 2 heteroatoms. The summed E-state index contributed by atoms with van der Waals surface area (Å²) in [6.07, 6.45) is 6.65. The Kier molecular flexibility index (Phi) is 11.0. The van der Waals surface area contributed by atoms with Gasteiger partial charge in [-0.3, -0.25) is 0 Å². The van der Waals surface area contributed by atoms with Gasteiger partial charge in [-0.1, -0.05) is 40.0 Å². The van der Waals surface area contributed by atoms with Gasteiger partial charge in [-0.25, -0.2) is 0 Å². The van der Waals surface area contributed by atoms with Crippen LogP contribution >= 0.6 is 0 Å². The second kappa shape index (κ2) is 11.0. The predicted octanol–water partition coefficient (Wildman–Crippen LogP) is 3.52. The molecule has 0 bridgehead atoms. The first kappa shape index (κ1) is 16.9. The molecule has 0 aromatic carbocycles. The van der Waals surface area contributed by atoms with Gasteiger partial charge in [-0.05, 0) is 45.8 Å². The maximum absolute atomic E-state index is 3.30. The predicted molar refractivity (Wildman–Crippen MR) is 78.6 cm³/mol. The molecule has 0 aromatic rings. The van der Waals surface area contributed by atoms with E-state index in [1.807, 2.05) is 0 Å². The van der Waals surface area contributed by atoms with Gasteiger partial charge in [0.05, 0.1) is 0 Å². The van der Waals surface area contributed by atoms with E-state index in [0.29, 0.717) is 6.04 Å². The van der Waals surface area contributed by atoms with E-state index in [1.165, 1.54) is 51.7 Å². The fraction of sp³-hybridized carbons (Fsp3) is 1.00. The summed E-state index contributed by atoms with van der Waals surface area (Å²) in [5, 5.41) is 3.30. The number of hydrogen-bond acceptors (Lipinski definition) is 2. The highest BCUT2D eigenvalue weighted by molar-refractivity contribution is 4.64. The van der Waals surface area contributed by atoms with Crippen LogP contribution < -0.4 is 5.32 Å². The van der Waals surface area contributed by atoms with Gasteiger partial charge in [0, 0.05) is 12.6 Å². The first-order chi connectivity index (χ1) is 8.17. The van der Waals surface area contributed by atoms with Crippen molar-refractivity contribution in [2.75, 3.05) is 26.7 Å². The highest BCUT2D eigenvalue weighted by Crippen LogP contribution is 2.11. The lowest BCUT2D eigenvalue weighted by Gasteiger charge is -2.25. The van der Waals surface area contributed by atoms with Gasteiger partial charge in [0.15, 0.2) is 0 Å². The zero-order chi connectivity index (χ0) is 13.1. The van der Waals surface area contributed by atoms with E-state index >= 15 is 0 Å². The maximum atomic E-state index is 3.30. The molecule has 0 aromatic heterocycles. The molecule has 0 saturated heterocycles. The molecule has 0 amide bonds. The lowest BCUT2D eigenvalue weighted by atomic mass is 10.0. The van der Waals surface area contributed by atoms with Crippen molar-refractivity contribution in [2.45, 2.75) is 65.8 Å². The second-order valence-corrected chi connectivity index (χ2v) is 5.26. The Morgan fingerprint density at radius 1 is 1.06 bits per heavy atom. The molecule has 0 aliphatic carbocycles. The maximum Gasteiger partial charge on any atom is 0.00357 e. The van der Waals surface area contributed by atoms with E-state index in [1.54, 1.807) is 0 Å². The van der Waals surface area contributed by atoms with E-state index in [4.69, 9.17) is 0 Å². The summed E-state index contributed by atoms with van der Waals surface area (Å²) in [7, 11) is 2.05. The van der Waals surface area contributed by atoms with E-state index < -0.39 is 0 Å². The van der Waals surface area contributed by atoms with Crippen molar-refractivity contribution >= 4 is 0 Å². The molecule has 0 aliphatic heterocycles. The first-order valence-electron chi connectivity index (χ1n) is 7.57. The van der Waals surface area contributed by atoms with Crippen LogP contribution in [-0.4, -0.2) is 37.6 Å². The van der Waals surface area contributed by atoms with E-state index in [0.717, 1.165) is 5.92 Å². The van der Waals surface area contributed by atoms with Crippen molar-refractivity contribution in [3.05, 3.63) is 0 Å². The molecule has 0 heterocycles. The van der Waals surface area contributed by atoms with Gasteiger partial charge >= 0.3 is 0 Å². The minimum absolute atomic E-state index is 0.670. The molecule has 1 N–H and O–H groups in total. The standard InChI is InChI=1S/C15H34N2/c1-6-15(7-2)13-17(8-3)12-10-9-11-14(4)16-5/h14-16H,6-13H2,1-5H3. The van der Waals surface area contributed by atoms with Gasteiger partial charge in [-0.15, -0.1) is 0 Å². The molecule has 0 spiro atoms. The van der Waals surface area contributed by atoms with E-state index in [2.05, 4.69) is 45.0 Å². The third kappa shape index (κ3) is 8.62. The van der Waals surface area contributed by atoms with Crippen LogP contribution in [0, 0.1) is 5.92 Å². The quantitative estimate of drug-likeness (QED) is 0.558. The average molecular weight is 242 g/mol. The normalized spacial score (nSPS) is 13.6. The highest BCUT2D eigenvalue weighted by atomic mass is 15.1. The number of nitrogens with zero attached hydrogens (tertiary/aromatic N) is 1. The Balaban J connectivity index is 3.67. The number of unbranched alkanes of at least 4 members (excludes halogenated alkanes) is 1. The summed E-state index contributed by atoms with van der Waals surface area (Å²) in [6.45, 7) is 13.0. The lowest BCUT2D eigenvalue weighted by Crippen LogP contribution is -2.30. The van der Waals surface area contributed by atoms with Crippen LogP contribution in [0.3, 0.4) is 0 Å². The summed E-state index contributed by atoms with van der Waals surface area (Å²) in [5.74, 6) is 0.895. The van der Waals surface area contributed by atoms with Crippen molar-refractivity contribution < 1.29 is 0 Å². The molecule has 0 rings (SSSR count). The van der Waals surface area contributed by atoms with Crippen molar-refractivity contribution in [1.82, 2.24) is 10.2 Å². The van der Waals surface area contributed by atoms with Crippen LogP contribution in [0.4, 0.5) is 0 Å². The molecule has 1 unspecified atom stereocenters. The highest BCUT2D eigenvalue weighted by Gasteiger charge is 2.09. The van der Waals surface area contributed by atoms with Crippen molar-refractivity contribution in [3.8, 4) is 0 Å². The first-order valence-corrected chi connectivity index (χ1v) is 7.57. The third-order valence-corrected chi connectivity index (χ3v) is 3.97. The SMILES string of the molecule is CCC(CC)CN(CC)CCCCC(C)NC. The number of rotatable bonds is 11. The van der Waals surface area contributed by atoms with Crippen LogP contribution in [0.2, 0.25) is 0 Å². The largest absolute Gasteiger partial charge is 0.317 e. The third-order valence-electron chi connectivity index (χ3n) is 3.97. The van der Waals surface area contributed by atoms with Crippen molar-refractivity contribution in [3.63, 3.8) is 0 Å². The summed E-state index contributed by atoms with van der Waals surface area (Å²) in [6, 6.07) is 0.670. The fourth-order valence-corrected chi connectivity index (χ4v) is 2.22. The Labute approximate surface area is 109 Å². The molecule has 2 nitrogen and oxygen atoms in total. The van der Waals surface area contributed by atoms with Crippen LogP contribution in [0.1, 0.15) is 59.8 Å². The summed E-state index contributed by atoms with van der Waals surface area (Å²) in [5.41, 5.74) is 0. The molecular formula is C15H34N2. The van der Waals surface area contributed by atoms with Crippen LogP contribution in [-0.2, 0) is 0 Å². The number of hydrogen-bond donors (Lipinski definition) is 1. The van der Waals surface area contributed by atoms with Crippen LogP contribution in [0.5, 0.6) is 0 Å². The summed E-state index contributed by atoms with van der Waals surface area (Å²) in [4.78, 5) is 2.63. The minimum atomic E-state index is 0.670.